The van der Waals surface area contributed by atoms with Crippen LogP contribution in [0.5, 0.6) is 5.88 Å². The number of Topliss-reactive ketones (excluding diaryl/α,β-unsaturated/α-hetero) is 1. The van der Waals surface area contributed by atoms with E-state index in [9.17, 15) is 9.59 Å². The topological polar surface area (TPSA) is 72.0 Å². The molecule has 1 aliphatic heterocycles. The van der Waals surface area contributed by atoms with Crippen molar-refractivity contribution in [3.63, 3.8) is 0 Å². The van der Waals surface area contributed by atoms with Gasteiger partial charge in [0.15, 0.2) is 5.78 Å². The third-order valence-electron chi connectivity index (χ3n) is 4.46. The lowest BCUT2D eigenvalue weighted by atomic mass is 9.78. The summed E-state index contributed by atoms with van der Waals surface area (Å²) in [6.45, 7) is 1.70. The van der Waals surface area contributed by atoms with Crippen molar-refractivity contribution in [1.29, 1.82) is 0 Å². The Morgan fingerprint density at radius 2 is 2.04 bits per heavy atom. The van der Waals surface area contributed by atoms with E-state index >= 15 is 0 Å². The fraction of sp³-hybridized carbons (Fsp3) is 0.278. The van der Waals surface area contributed by atoms with E-state index in [2.05, 4.69) is 9.97 Å². The zero-order chi connectivity index (χ0) is 16.8. The summed E-state index contributed by atoms with van der Waals surface area (Å²) in [4.78, 5) is 32.2. The monoisotopic (exact) mass is 342 g/mol. The van der Waals surface area contributed by atoms with Gasteiger partial charge in [0.25, 0.3) is 5.56 Å². The molecule has 0 saturated carbocycles. The van der Waals surface area contributed by atoms with Crippen LogP contribution in [0.3, 0.4) is 0 Å². The number of nitrogens with one attached hydrogen (secondary N) is 1. The maximum atomic E-state index is 12.6. The molecule has 0 bridgehead atoms. The SMILES string of the molecule is Cc1nc2c(c(=O)[nH]1)C(c1ccccc1Cl)C1=C(CCCC1=O)O2. The quantitative estimate of drug-likeness (QED) is 0.863. The molecular formula is C18H15ClN2O3. The number of allylic oxidation sites excluding steroid dienone is 2. The molecule has 1 aromatic carbocycles. The highest BCUT2D eigenvalue weighted by Gasteiger charge is 2.39. The molecule has 5 nitrogen and oxygen atoms in total. The normalized spacial score (nSPS) is 19.6. The first-order chi connectivity index (χ1) is 11.6. The molecule has 2 aliphatic rings. The number of rotatable bonds is 1. The summed E-state index contributed by atoms with van der Waals surface area (Å²) in [6, 6.07) is 7.27. The summed E-state index contributed by atoms with van der Waals surface area (Å²) in [5, 5.41) is 0.514. The smallest absolute Gasteiger partial charge is 0.258 e. The molecule has 1 unspecified atom stereocenters. The van der Waals surface area contributed by atoms with E-state index < -0.39 is 5.92 Å². The van der Waals surface area contributed by atoms with Crippen molar-refractivity contribution in [1.82, 2.24) is 9.97 Å². The maximum Gasteiger partial charge on any atom is 0.258 e. The highest BCUT2D eigenvalue weighted by Crippen LogP contribution is 2.45. The Labute approximate surface area is 143 Å². The van der Waals surface area contributed by atoms with Gasteiger partial charge in [-0.2, -0.15) is 4.98 Å². The Balaban J connectivity index is 2.04. The fourth-order valence-electron chi connectivity index (χ4n) is 3.45. The van der Waals surface area contributed by atoms with Gasteiger partial charge in [-0.25, -0.2) is 0 Å². The number of ether oxygens (including phenoxy) is 1. The van der Waals surface area contributed by atoms with Gasteiger partial charge < -0.3 is 9.72 Å². The average Bonchev–Trinajstić information content (AvgIpc) is 2.53. The number of hydrogen-bond acceptors (Lipinski definition) is 4. The van der Waals surface area contributed by atoms with Gasteiger partial charge in [0.2, 0.25) is 5.88 Å². The Morgan fingerprint density at radius 3 is 2.83 bits per heavy atom. The number of aryl methyl sites for hydroxylation is 1. The van der Waals surface area contributed by atoms with Gasteiger partial charge in [0, 0.05) is 23.4 Å². The molecule has 122 valence electrons. The Morgan fingerprint density at radius 1 is 1.25 bits per heavy atom. The Hall–Kier alpha value is -2.40. The molecule has 0 spiro atoms. The molecule has 2 aromatic rings. The standard InChI is InChI=1S/C18H15ClN2O3/c1-9-20-17(23)16-14(10-5-2-3-6-11(10)19)15-12(22)7-4-8-13(15)24-18(16)21-9/h2-3,5-6,14H,4,7-8H2,1H3,(H,20,21,23). The number of fused-ring (bicyclic) bond motifs is 1. The molecule has 1 atom stereocenters. The predicted octanol–water partition coefficient (Wildman–Crippen LogP) is 3.26. The summed E-state index contributed by atoms with van der Waals surface area (Å²) in [7, 11) is 0. The zero-order valence-corrected chi connectivity index (χ0v) is 13.8. The molecule has 1 N–H and O–H groups in total. The summed E-state index contributed by atoms with van der Waals surface area (Å²) in [6.07, 6.45) is 1.86. The Kier molecular flexibility index (Phi) is 3.53. The summed E-state index contributed by atoms with van der Waals surface area (Å²) >= 11 is 6.38. The van der Waals surface area contributed by atoms with E-state index in [1.807, 2.05) is 18.2 Å². The molecule has 0 amide bonds. The van der Waals surface area contributed by atoms with Crippen LogP contribution in [0.1, 0.15) is 42.1 Å². The minimum absolute atomic E-state index is 0.00629. The first kappa shape index (κ1) is 15.1. The molecule has 1 aliphatic carbocycles. The molecule has 2 heterocycles. The molecule has 0 saturated heterocycles. The summed E-state index contributed by atoms with van der Waals surface area (Å²) in [5.41, 5.74) is 1.32. The first-order valence-electron chi connectivity index (χ1n) is 7.85. The van der Waals surface area contributed by atoms with Gasteiger partial charge >= 0.3 is 0 Å². The van der Waals surface area contributed by atoms with Crippen LogP contribution in [-0.2, 0) is 4.79 Å². The number of aromatic amines is 1. The highest BCUT2D eigenvalue weighted by atomic mass is 35.5. The molecule has 4 rings (SSSR count). The second-order valence-corrected chi connectivity index (χ2v) is 6.45. The summed E-state index contributed by atoms with van der Waals surface area (Å²) < 4.78 is 5.84. The average molecular weight is 343 g/mol. The van der Waals surface area contributed by atoms with E-state index in [0.717, 1.165) is 12.0 Å². The third kappa shape index (κ3) is 2.27. The lowest BCUT2D eigenvalue weighted by molar-refractivity contribution is -0.116. The van der Waals surface area contributed by atoms with Gasteiger partial charge in [0.05, 0.1) is 11.5 Å². The molecular weight excluding hydrogens is 328 g/mol. The van der Waals surface area contributed by atoms with Crippen LogP contribution >= 0.6 is 11.6 Å². The van der Waals surface area contributed by atoms with Crippen LogP contribution in [0.15, 0.2) is 40.4 Å². The van der Waals surface area contributed by atoms with Crippen LogP contribution in [0.4, 0.5) is 0 Å². The van der Waals surface area contributed by atoms with Crippen LogP contribution in [-0.4, -0.2) is 15.8 Å². The van der Waals surface area contributed by atoms with Gasteiger partial charge in [-0.05, 0) is 25.0 Å². The minimum atomic E-state index is -0.540. The van der Waals surface area contributed by atoms with Gasteiger partial charge in [0.1, 0.15) is 11.6 Å². The third-order valence-corrected chi connectivity index (χ3v) is 4.80. The van der Waals surface area contributed by atoms with Crippen molar-refractivity contribution in [2.45, 2.75) is 32.1 Å². The molecule has 0 fully saturated rings. The molecule has 24 heavy (non-hydrogen) atoms. The second-order valence-electron chi connectivity index (χ2n) is 6.04. The van der Waals surface area contributed by atoms with Crippen LogP contribution in [0.25, 0.3) is 0 Å². The van der Waals surface area contributed by atoms with Gasteiger partial charge in [-0.3, -0.25) is 9.59 Å². The Bertz CT molecular complexity index is 946. The lowest BCUT2D eigenvalue weighted by Gasteiger charge is -2.31. The van der Waals surface area contributed by atoms with E-state index in [4.69, 9.17) is 16.3 Å². The van der Waals surface area contributed by atoms with Crippen molar-refractivity contribution < 1.29 is 9.53 Å². The second kappa shape index (κ2) is 5.60. The predicted molar refractivity (Wildman–Crippen MR) is 89.4 cm³/mol. The van der Waals surface area contributed by atoms with Crippen molar-refractivity contribution in [3.05, 3.63) is 67.9 Å². The van der Waals surface area contributed by atoms with Crippen molar-refractivity contribution in [2.75, 3.05) is 0 Å². The zero-order valence-electron chi connectivity index (χ0n) is 13.1. The van der Waals surface area contributed by atoms with Crippen LogP contribution in [0, 0.1) is 6.92 Å². The van der Waals surface area contributed by atoms with Crippen molar-refractivity contribution in [3.8, 4) is 5.88 Å². The van der Waals surface area contributed by atoms with Crippen LogP contribution in [0.2, 0.25) is 5.02 Å². The van der Waals surface area contributed by atoms with E-state index in [1.54, 1.807) is 13.0 Å². The first-order valence-corrected chi connectivity index (χ1v) is 8.23. The highest BCUT2D eigenvalue weighted by molar-refractivity contribution is 6.31. The molecule has 6 heteroatoms. The number of benzene rings is 1. The van der Waals surface area contributed by atoms with Gasteiger partial charge in [-0.1, -0.05) is 29.8 Å². The fourth-order valence-corrected chi connectivity index (χ4v) is 3.69. The number of aromatic nitrogens is 2. The number of carbonyl (C=O) groups excluding carboxylic acids is 1. The van der Waals surface area contributed by atoms with Crippen LogP contribution < -0.4 is 10.3 Å². The van der Waals surface area contributed by atoms with E-state index in [0.29, 0.717) is 40.6 Å². The minimum Gasteiger partial charge on any atom is -0.442 e. The largest absolute Gasteiger partial charge is 0.442 e. The number of ketones is 1. The number of halogens is 1. The van der Waals surface area contributed by atoms with Gasteiger partial charge in [-0.15, -0.1) is 0 Å². The number of H-pyrrole nitrogens is 1. The molecule has 1 aromatic heterocycles. The van der Waals surface area contributed by atoms with E-state index in [1.165, 1.54) is 0 Å². The van der Waals surface area contributed by atoms with Crippen molar-refractivity contribution in [2.24, 2.45) is 0 Å². The summed E-state index contributed by atoms with van der Waals surface area (Å²) in [5.74, 6) is 0.826. The lowest BCUT2D eigenvalue weighted by Crippen LogP contribution is -2.31. The van der Waals surface area contributed by atoms with Crippen molar-refractivity contribution >= 4 is 17.4 Å². The maximum absolute atomic E-state index is 12.6. The number of hydrogen-bond donors (Lipinski definition) is 1. The van der Waals surface area contributed by atoms with E-state index in [-0.39, 0.29) is 17.2 Å². The number of carbonyl (C=O) groups is 1. The number of nitrogens with zero attached hydrogens (tertiary/aromatic N) is 1. The molecule has 0 radical (unpaired) electrons.